The van der Waals surface area contributed by atoms with Gasteiger partial charge in [-0.05, 0) is 0 Å². The molecule has 0 unspecified atom stereocenters. The minimum Gasteiger partial charge on any atom is -0.338 e. The minimum absolute atomic E-state index is 0.785. The van der Waals surface area contributed by atoms with Crippen LogP contribution in [-0.4, -0.2) is 23.9 Å². The van der Waals surface area contributed by atoms with E-state index in [9.17, 15) is 10.1 Å². The van der Waals surface area contributed by atoms with Crippen LogP contribution in [0.15, 0.2) is 0 Å². The predicted octanol–water partition coefficient (Wildman–Crippen LogP) is -0.240. The summed E-state index contributed by atoms with van der Waals surface area (Å²) in [6, 6.07) is 4.33. The molecule has 0 heterocycles. The summed E-state index contributed by atoms with van der Waals surface area (Å²) in [6.07, 6.45) is 0. The van der Waals surface area contributed by atoms with Crippen LogP contribution >= 0.6 is 0 Å². The first-order valence-electron chi connectivity index (χ1n) is 4.46. The maximum atomic E-state index is 9.78. The molecule has 84 valence electrons. The summed E-state index contributed by atoms with van der Waals surface area (Å²) < 4.78 is 0. The van der Waals surface area contributed by atoms with E-state index in [1.807, 2.05) is 5.92 Å². The quantitative estimate of drug-likeness (QED) is 0.251. The second kappa shape index (κ2) is 10.1. The van der Waals surface area contributed by atoms with Gasteiger partial charge in [-0.3, -0.25) is 0 Å². The molecule has 0 aromatic rings. The lowest BCUT2D eigenvalue weighted by Crippen LogP contribution is -2.00. The molecule has 0 fully saturated rings. The molecule has 0 bridgehead atoms. The van der Waals surface area contributed by atoms with Crippen molar-refractivity contribution in [3.8, 4) is 71.3 Å². The molecule has 18 heavy (non-hydrogen) atoms. The highest BCUT2D eigenvalue weighted by atomic mass is 16.6. The Balaban J connectivity index is 4.28. The predicted molar refractivity (Wildman–Crippen MR) is 67.3 cm³/mol. The standard InChI is InChI=1S/C14H6N2O2/c1-15(2)13-11-9-7-5-3-4-6-8-10-12-14-16(17)18/h1-2H3. The van der Waals surface area contributed by atoms with Crippen LogP contribution in [0.1, 0.15) is 0 Å². The molecule has 0 rings (SSSR count). The molecule has 0 aromatic heterocycles. The molecule has 0 radical (unpaired) electrons. The molecule has 0 saturated heterocycles. The van der Waals surface area contributed by atoms with Gasteiger partial charge >= 0.3 is 6.04 Å². The van der Waals surface area contributed by atoms with Crippen LogP contribution in [0.4, 0.5) is 0 Å². The second-order valence-electron chi connectivity index (χ2n) is 2.63. The van der Waals surface area contributed by atoms with E-state index in [1.54, 1.807) is 25.0 Å². The van der Waals surface area contributed by atoms with E-state index in [4.69, 9.17) is 0 Å². The first-order valence-corrected chi connectivity index (χ1v) is 4.46. The largest absolute Gasteiger partial charge is 0.338 e. The molecular formula is C14H6N2O2. The van der Waals surface area contributed by atoms with Gasteiger partial charge in [0, 0.05) is 73.4 Å². The third-order valence-electron chi connectivity index (χ3n) is 0.989. The molecule has 0 aliphatic rings. The number of rotatable bonds is 0. The summed E-state index contributed by atoms with van der Waals surface area (Å²) in [6.45, 7) is 0. The van der Waals surface area contributed by atoms with Crippen molar-refractivity contribution < 1.29 is 4.92 Å². The molecule has 4 heteroatoms. The van der Waals surface area contributed by atoms with Gasteiger partial charge in [0.05, 0.1) is 5.92 Å². The Kier molecular flexibility index (Phi) is 8.16. The lowest BCUT2D eigenvalue weighted by molar-refractivity contribution is -0.379. The maximum Gasteiger partial charge on any atom is 0.304 e. The fraction of sp³-hybridized carbons (Fsp3) is 0.143. The Morgan fingerprint density at radius 2 is 1.17 bits per heavy atom. The highest BCUT2D eigenvalue weighted by Gasteiger charge is 1.76. The molecule has 0 saturated carbocycles. The van der Waals surface area contributed by atoms with Gasteiger partial charge in [-0.25, -0.2) is 10.1 Å². The van der Waals surface area contributed by atoms with Gasteiger partial charge in [0.1, 0.15) is 4.92 Å². The van der Waals surface area contributed by atoms with Gasteiger partial charge < -0.3 is 4.90 Å². The Morgan fingerprint density at radius 3 is 1.56 bits per heavy atom. The van der Waals surface area contributed by atoms with Crippen molar-refractivity contribution in [1.82, 2.24) is 4.90 Å². The molecule has 0 N–H and O–H groups in total. The molecule has 4 nitrogen and oxygen atoms in total. The smallest absolute Gasteiger partial charge is 0.304 e. The minimum atomic E-state index is -0.785. The zero-order valence-corrected chi connectivity index (χ0v) is 9.71. The van der Waals surface area contributed by atoms with Crippen molar-refractivity contribution >= 4 is 0 Å². The molecule has 0 aromatic carbocycles. The number of hydrogen-bond acceptors (Lipinski definition) is 3. The first-order chi connectivity index (χ1) is 8.63. The number of nitrogens with zero attached hydrogens (tertiary/aromatic N) is 2. The van der Waals surface area contributed by atoms with Gasteiger partial charge in [-0.1, -0.05) is 0 Å². The third-order valence-corrected chi connectivity index (χ3v) is 0.989. The highest BCUT2D eigenvalue weighted by Crippen LogP contribution is 1.63. The van der Waals surface area contributed by atoms with Crippen molar-refractivity contribution in [2.24, 2.45) is 0 Å². The average Bonchev–Trinajstić information content (AvgIpc) is 2.29. The molecule has 0 atom stereocenters. The lowest BCUT2D eigenvalue weighted by Gasteiger charge is -1.94. The zero-order valence-electron chi connectivity index (χ0n) is 9.71. The molecule has 0 aliphatic carbocycles. The molecule has 0 spiro atoms. The summed E-state index contributed by atoms with van der Waals surface area (Å²) in [5.74, 6) is 23.6. The van der Waals surface area contributed by atoms with Gasteiger partial charge in [-0.15, -0.1) is 0 Å². The Labute approximate surface area is 106 Å². The summed E-state index contributed by atoms with van der Waals surface area (Å²) >= 11 is 0. The maximum absolute atomic E-state index is 9.78. The molecular weight excluding hydrogens is 228 g/mol. The van der Waals surface area contributed by atoms with Crippen LogP contribution in [0.5, 0.6) is 0 Å². The van der Waals surface area contributed by atoms with Crippen molar-refractivity contribution in [3.63, 3.8) is 0 Å². The van der Waals surface area contributed by atoms with Gasteiger partial charge in [0.15, 0.2) is 0 Å². The monoisotopic (exact) mass is 234 g/mol. The summed E-state index contributed by atoms with van der Waals surface area (Å²) in [4.78, 5) is 10.7. The van der Waals surface area contributed by atoms with Crippen LogP contribution in [0, 0.1) is 81.4 Å². The fourth-order valence-corrected chi connectivity index (χ4v) is 0.463. The Hall–Kier alpha value is -3.44. The van der Waals surface area contributed by atoms with Crippen molar-refractivity contribution in [2.45, 2.75) is 0 Å². The van der Waals surface area contributed by atoms with Crippen LogP contribution in [-0.2, 0) is 0 Å². The van der Waals surface area contributed by atoms with Crippen LogP contribution in [0.2, 0.25) is 0 Å². The van der Waals surface area contributed by atoms with Crippen LogP contribution in [0.25, 0.3) is 0 Å². The topological polar surface area (TPSA) is 46.4 Å². The Bertz CT molecular complexity index is 679. The van der Waals surface area contributed by atoms with E-state index < -0.39 is 4.92 Å². The summed E-state index contributed by atoms with van der Waals surface area (Å²) in [5.41, 5.74) is 0. The van der Waals surface area contributed by atoms with Gasteiger partial charge in [-0.2, -0.15) is 0 Å². The van der Waals surface area contributed by atoms with E-state index in [-0.39, 0.29) is 0 Å². The van der Waals surface area contributed by atoms with Gasteiger partial charge in [0.2, 0.25) is 0 Å². The van der Waals surface area contributed by atoms with E-state index >= 15 is 0 Å². The summed E-state index contributed by atoms with van der Waals surface area (Å²) in [5, 5.41) is 9.78. The number of hydrogen-bond donors (Lipinski definition) is 0. The van der Waals surface area contributed by atoms with E-state index in [2.05, 4.69) is 59.3 Å². The lowest BCUT2D eigenvalue weighted by atomic mass is 10.5. The molecule has 0 aliphatic heterocycles. The van der Waals surface area contributed by atoms with Crippen LogP contribution < -0.4 is 0 Å². The van der Waals surface area contributed by atoms with E-state index in [0.29, 0.717) is 0 Å². The first kappa shape index (κ1) is 14.6. The van der Waals surface area contributed by atoms with Crippen molar-refractivity contribution in [1.29, 1.82) is 0 Å². The van der Waals surface area contributed by atoms with Crippen molar-refractivity contribution in [2.75, 3.05) is 14.1 Å². The fourth-order valence-electron chi connectivity index (χ4n) is 0.463. The third kappa shape index (κ3) is 12.6. The SMILES string of the molecule is CN(C)C#CC#CC#CC#CC#CC#C[N+](=O)[O-]. The zero-order chi connectivity index (χ0) is 13.6. The second-order valence-corrected chi connectivity index (χ2v) is 2.63. The average molecular weight is 234 g/mol. The van der Waals surface area contributed by atoms with Crippen LogP contribution in [0.3, 0.4) is 0 Å². The highest BCUT2D eigenvalue weighted by molar-refractivity contribution is 5.43. The summed E-state index contributed by atoms with van der Waals surface area (Å²) in [7, 11) is 3.60. The van der Waals surface area contributed by atoms with E-state index in [1.165, 1.54) is 0 Å². The number of nitro groups is 1. The van der Waals surface area contributed by atoms with E-state index in [0.717, 1.165) is 0 Å². The normalized spacial score (nSPS) is 5.22. The molecule has 0 amide bonds. The Morgan fingerprint density at radius 1 is 0.778 bits per heavy atom. The van der Waals surface area contributed by atoms with Gasteiger partial charge in [0.25, 0.3) is 0 Å². The van der Waals surface area contributed by atoms with Crippen molar-refractivity contribution in [3.05, 3.63) is 10.1 Å².